The molecule has 1 aromatic rings. The summed E-state index contributed by atoms with van der Waals surface area (Å²) in [5.41, 5.74) is 2.60. The summed E-state index contributed by atoms with van der Waals surface area (Å²) >= 11 is 0. The van der Waals surface area contributed by atoms with E-state index < -0.39 is 12.6 Å². The van der Waals surface area contributed by atoms with Gasteiger partial charge in [0.05, 0.1) is 0 Å². The number of anilines is 1. The molecular weight excluding hydrogens is 281 g/mol. The van der Waals surface area contributed by atoms with Crippen LogP contribution in [0.3, 0.4) is 0 Å². The normalized spacial score (nSPS) is 14.2. The zero-order valence-corrected chi connectivity index (χ0v) is 11.7. The van der Waals surface area contributed by atoms with Crippen molar-refractivity contribution in [2.24, 2.45) is 0 Å². The van der Waals surface area contributed by atoms with Crippen LogP contribution in [0.25, 0.3) is 0 Å². The van der Waals surface area contributed by atoms with E-state index in [9.17, 15) is 18.0 Å². The second-order valence-electron chi connectivity index (χ2n) is 5.19. The number of rotatable bonds is 5. The van der Waals surface area contributed by atoms with Crippen LogP contribution in [0.4, 0.5) is 18.9 Å². The summed E-state index contributed by atoms with van der Waals surface area (Å²) in [6, 6.07) is 5.52. The molecule has 0 saturated heterocycles. The Kier molecular flexibility index (Phi) is 5.09. The van der Waals surface area contributed by atoms with Gasteiger partial charge in [0, 0.05) is 30.8 Å². The standard InChI is InChI=1S/C15H19F3N2O/c16-15(17,18)8-1-2-9-20-14(21)12-5-3-7-13-11(12)6-4-10-19-13/h3,5,7,19H,1-2,4,6,8-10H2,(H,20,21). The molecule has 1 aliphatic rings. The van der Waals surface area contributed by atoms with Crippen molar-refractivity contribution in [3.8, 4) is 0 Å². The number of fused-ring (bicyclic) bond motifs is 1. The molecule has 116 valence electrons. The lowest BCUT2D eigenvalue weighted by atomic mass is 9.97. The number of nitrogens with one attached hydrogen (secondary N) is 2. The number of hydrogen-bond donors (Lipinski definition) is 2. The maximum Gasteiger partial charge on any atom is 0.389 e. The zero-order valence-electron chi connectivity index (χ0n) is 11.7. The second kappa shape index (κ2) is 6.83. The monoisotopic (exact) mass is 300 g/mol. The van der Waals surface area contributed by atoms with E-state index in [1.165, 1.54) is 0 Å². The number of alkyl halides is 3. The smallest absolute Gasteiger partial charge is 0.385 e. The van der Waals surface area contributed by atoms with Crippen molar-refractivity contribution in [2.45, 2.75) is 38.3 Å². The SMILES string of the molecule is O=C(NCCCCC(F)(F)F)c1cccc2c1CCCN2. The fraction of sp³-hybridized carbons (Fsp3) is 0.533. The largest absolute Gasteiger partial charge is 0.389 e. The Balaban J connectivity index is 1.84. The Morgan fingerprint density at radius 3 is 2.86 bits per heavy atom. The molecule has 0 atom stereocenters. The lowest BCUT2D eigenvalue weighted by Gasteiger charge is -2.20. The number of benzene rings is 1. The van der Waals surface area contributed by atoms with Gasteiger partial charge in [-0.1, -0.05) is 6.07 Å². The van der Waals surface area contributed by atoms with Gasteiger partial charge in [-0.05, 0) is 43.4 Å². The van der Waals surface area contributed by atoms with Gasteiger partial charge in [0.25, 0.3) is 5.91 Å². The second-order valence-corrected chi connectivity index (χ2v) is 5.19. The van der Waals surface area contributed by atoms with E-state index in [-0.39, 0.29) is 18.9 Å². The van der Waals surface area contributed by atoms with Gasteiger partial charge in [-0.15, -0.1) is 0 Å². The molecule has 0 unspecified atom stereocenters. The predicted octanol–water partition coefficient (Wildman–Crippen LogP) is 3.51. The van der Waals surface area contributed by atoms with Crippen LogP contribution in [0.1, 0.15) is 41.6 Å². The molecular formula is C15H19F3N2O. The first-order valence-electron chi connectivity index (χ1n) is 7.18. The molecule has 2 rings (SSSR count). The molecule has 3 nitrogen and oxygen atoms in total. The van der Waals surface area contributed by atoms with Crippen LogP contribution >= 0.6 is 0 Å². The molecule has 2 N–H and O–H groups in total. The van der Waals surface area contributed by atoms with Crippen molar-refractivity contribution in [3.05, 3.63) is 29.3 Å². The number of unbranched alkanes of at least 4 members (excludes halogenated alkanes) is 1. The number of amides is 1. The van der Waals surface area contributed by atoms with Crippen LogP contribution in [-0.2, 0) is 6.42 Å². The third-order valence-electron chi connectivity index (χ3n) is 3.51. The quantitative estimate of drug-likeness (QED) is 0.817. The number of carbonyl (C=O) groups excluding carboxylic acids is 1. The van der Waals surface area contributed by atoms with Gasteiger partial charge in [0.2, 0.25) is 0 Å². The molecule has 0 spiro atoms. The van der Waals surface area contributed by atoms with Crippen molar-refractivity contribution in [3.63, 3.8) is 0 Å². The molecule has 0 radical (unpaired) electrons. The van der Waals surface area contributed by atoms with Crippen LogP contribution < -0.4 is 10.6 Å². The molecule has 0 aromatic heterocycles. The highest BCUT2D eigenvalue weighted by atomic mass is 19.4. The first-order chi connectivity index (χ1) is 9.97. The summed E-state index contributed by atoms with van der Waals surface area (Å²) < 4.78 is 36.0. The van der Waals surface area contributed by atoms with E-state index in [0.29, 0.717) is 12.0 Å². The average Bonchev–Trinajstić information content (AvgIpc) is 2.45. The number of halogens is 3. The predicted molar refractivity (Wildman–Crippen MR) is 75.5 cm³/mol. The molecule has 0 saturated carbocycles. The van der Waals surface area contributed by atoms with Gasteiger partial charge in [0.1, 0.15) is 0 Å². The van der Waals surface area contributed by atoms with E-state index in [0.717, 1.165) is 30.6 Å². The Hall–Kier alpha value is -1.72. The summed E-state index contributed by atoms with van der Waals surface area (Å²) in [5, 5.41) is 5.95. The van der Waals surface area contributed by atoms with Gasteiger partial charge in [-0.2, -0.15) is 13.2 Å². The molecule has 1 heterocycles. The molecule has 6 heteroatoms. The maximum absolute atomic E-state index is 12.1. The number of carbonyl (C=O) groups is 1. The van der Waals surface area contributed by atoms with Gasteiger partial charge in [-0.25, -0.2) is 0 Å². The van der Waals surface area contributed by atoms with Crippen LogP contribution in [-0.4, -0.2) is 25.2 Å². The molecule has 21 heavy (non-hydrogen) atoms. The van der Waals surface area contributed by atoms with E-state index in [1.54, 1.807) is 6.07 Å². The van der Waals surface area contributed by atoms with Crippen LogP contribution in [0, 0.1) is 0 Å². The fourth-order valence-corrected chi connectivity index (χ4v) is 2.47. The highest BCUT2D eigenvalue weighted by Gasteiger charge is 2.25. The highest BCUT2D eigenvalue weighted by Crippen LogP contribution is 2.25. The van der Waals surface area contributed by atoms with Crippen molar-refractivity contribution >= 4 is 11.6 Å². The molecule has 0 fully saturated rings. The highest BCUT2D eigenvalue weighted by molar-refractivity contribution is 5.97. The summed E-state index contributed by atoms with van der Waals surface area (Å²) in [5.74, 6) is -0.206. The first kappa shape index (κ1) is 15.7. The minimum absolute atomic E-state index is 0.0399. The minimum atomic E-state index is -4.12. The summed E-state index contributed by atoms with van der Waals surface area (Å²) in [4.78, 5) is 12.1. The lowest BCUT2D eigenvalue weighted by Crippen LogP contribution is -2.27. The van der Waals surface area contributed by atoms with Gasteiger partial charge >= 0.3 is 6.18 Å². The summed E-state index contributed by atoms with van der Waals surface area (Å²) in [6.07, 6.45) is -2.72. The summed E-state index contributed by atoms with van der Waals surface area (Å²) in [6.45, 7) is 1.17. The zero-order chi connectivity index (χ0) is 15.3. The van der Waals surface area contributed by atoms with Crippen molar-refractivity contribution in [1.82, 2.24) is 5.32 Å². The van der Waals surface area contributed by atoms with Crippen molar-refractivity contribution < 1.29 is 18.0 Å². The molecule has 1 amide bonds. The van der Waals surface area contributed by atoms with Gasteiger partial charge < -0.3 is 10.6 Å². The Bertz CT molecular complexity index is 500. The molecule has 1 aliphatic heterocycles. The topological polar surface area (TPSA) is 41.1 Å². The minimum Gasteiger partial charge on any atom is -0.385 e. The maximum atomic E-state index is 12.1. The molecule has 0 aliphatic carbocycles. The Labute approximate surface area is 121 Å². The Morgan fingerprint density at radius 1 is 1.29 bits per heavy atom. The molecule has 1 aromatic carbocycles. The van der Waals surface area contributed by atoms with E-state index in [4.69, 9.17) is 0 Å². The van der Waals surface area contributed by atoms with Crippen LogP contribution in [0.2, 0.25) is 0 Å². The van der Waals surface area contributed by atoms with E-state index >= 15 is 0 Å². The Morgan fingerprint density at radius 2 is 2.10 bits per heavy atom. The third kappa shape index (κ3) is 4.65. The van der Waals surface area contributed by atoms with Crippen LogP contribution in [0.15, 0.2) is 18.2 Å². The van der Waals surface area contributed by atoms with Gasteiger partial charge in [-0.3, -0.25) is 4.79 Å². The summed E-state index contributed by atoms with van der Waals surface area (Å²) in [7, 11) is 0. The average molecular weight is 300 g/mol. The molecule has 0 bridgehead atoms. The van der Waals surface area contributed by atoms with Gasteiger partial charge in [0.15, 0.2) is 0 Å². The van der Waals surface area contributed by atoms with Crippen LogP contribution in [0.5, 0.6) is 0 Å². The van der Waals surface area contributed by atoms with E-state index in [1.807, 2.05) is 12.1 Å². The number of hydrogen-bond acceptors (Lipinski definition) is 2. The third-order valence-corrected chi connectivity index (χ3v) is 3.51. The van der Waals surface area contributed by atoms with Crippen molar-refractivity contribution in [1.29, 1.82) is 0 Å². The fourth-order valence-electron chi connectivity index (χ4n) is 2.47. The van der Waals surface area contributed by atoms with E-state index in [2.05, 4.69) is 10.6 Å². The first-order valence-corrected chi connectivity index (χ1v) is 7.18. The lowest BCUT2D eigenvalue weighted by molar-refractivity contribution is -0.135. The van der Waals surface area contributed by atoms with Crippen molar-refractivity contribution in [2.75, 3.05) is 18.4 Å².